The van der Waals surface area contributed by atoms with E-state index < -0.39 is 0 Å². The van der Waals surface area contributed by atoms with Gasteiger partial charge in [0.15, 0.2) is 0 Å². The number of likely N-dealkylation sites (tertiary alicyclic amines) is 1. The van der Waals surface area contributed by atoms with Crippen LogP contribution in [0.1, 0.15) is 18.5 Å². The second-order valence-corrected chi connectivity index (χ2v) is 4.62. The van der Waals surface area contributed by atoms with Crippen LogP contribution in [0.2, 0.25) is 0 Å². The molecule has 0 unspecified atom stereocenters. The first-order valence-electron chi connectivity index (χ1n) is 6.08. The number of nitrogens with zero attached hydrogens (tertiary/aromatic N) is 2. The van der Waals surface area contributed by atoms with Gasteiger partial charge in [0.25, 0.3) is 0 Å². The smallest absolute Gasteiger partial charge is 0.131 e. The highest BCUT2D eigenvalue weighted by molar-refractivity contribution is 5.82. The minimum Gasteiger partial charge on any atom is -0.298 e. The van der Waals surface area contributed by atoms with Gasteiger partial charge in [-0.15, -0.1) is 0 Å². The van der Waals surface area contributed by atoms with Crippen LogP contribution >= 0.6 is 0 Å². The zero-order chi connectivity index (χ0) is 11.7. The van der Waals surface area contributed by atoms with Gasteiger partial charge in [-0.1, -0.05) is 12.1 Å². The van der Waals surface area contributed by atoms with E-state index in [1.165, 1.54) is 18.9 Å². The summed E-state index contributed by atoms with van der Waals surface area (Å²) >= 11 is 0. The molecule has 17 heavy (non-hydrogen) atoms. The number of aromatic nitrogens is 1. The van der Waals surface area contributed by atoms with Crippen molar-refractivity contribution in [2.75, 3.05) is 13.1 Å². The van der Waals surface area contributed by atoms with Crippen LogP contribution in [0.4, 0.5) is 4.39 Å². The molecule has 2 heterocycles. The summed E-state index contributed by atoms with van der Waals surface area (Å²) in [5, 5.41) is 1.55. The molecule has 0 N–H and O–H groups in total. The standard InChI is InChI=1S/C14H15FN2/c15-14-5-3-4-11-9-16-12(8-13(11)14)10-17-6-1-2-7-17/h3-5,8-9H,1-2,6-7,10H2. The molecule has 1 saturated heterocycles. The topological polar surface area (TPSA) is 16.1 Å². The van der Waals surface area contributed by atoms with Crippen LogP contribution in [0.3, 0.4) is 0 Å². The lowest BCUT2D eigenvalue weighted by Gasteiger charge is -2.14. The lowest BCUT2D eigenvalue weighted by molar-refractivity contribution is 0.327. The van der Waals surface area contributed by atoms with Crippen molar-refractivity contribution in [3.8, 4) is 0 Å². The molecular formula is C14H15FN2. The Kier molecular flexibility index (Phi) is 2.77. The summed E-state index contributed by atoms with van der Waals surface area (Å²) in [5.74, 6) is -0.160. The minimum absolute atomic E-state index is 0.160. The molecule has 88 valence electrons. The molecule has 1 aliphatic rings. The van der Waals surface area contributed by atoms with Crippen molar-refractivity contribution in [1.29, 1.82) is 0 Å². The Morgan fingerprint density at radius 1 is 1.24 bits per heavy atom. The SMILES string of the molecule is Fc1cccc2cnc(CN3CCCC3)cc12. The van der Waals surface area contributed by atoms with Crippen molar-refractivity contribution in [3.63, 3.8) is 0 Å². The third kappa shape index (κ3) is 2.15. The van der Waals surface area contributed by atoms with E-state index in [0.717, 1.165) is 30.7 Å². The summed E-state index contributed by atoms with van der Waals surface area (Å²) in [6.07, 6.45) is 4.30. The van der Waals surface area contributed by atoms with Gasteiger partial charge >= 0.3 is 0 Å². The minimum atomic E-state index is -0.160. The van der Waals surface area contributed by atoms with Gasteiger partial charge in [-0.2, -0.15) is 0 Å². The van der Waals surface area contributed by atoms with E-state index in [9.17, 15) is 4.39 Å². The molecule has 0 atom stereocenters. The molecule has 0 aliphatic carbocycles. The molecule has 2 aromatic rings. The van der Waals surface area contributed by atoms with Crippen LogP contribution in [-0.2, 0) is 6.54 Å². The number of pyridine rings is 1. The van der Waals surface area contributed by atoms with Gasteiger partial charge in [0.05, 0.1) is 5.69 Å². The van der Waals surface area contributed by atoms with E-state index in [4.69, 9.17) is 0 Å². The molecule has 0 bridgehead atoms. The monoisotopic (exact) mass is 230 g/mol. The first-order valence-corrected chi connectivity index (χ1v) is 6.08. The van der Waals surface area contributed by atoms with E-state index in [2.05, 4.69) is 9.88 Å². The van der Waals surface area contributed by atoms with Crippen molar-refractivity contribution in [2.45, 2.75) is 19.4 Å². The lowest BCUT2D eigenvalue weighted by atomic mass is 10.1. The molecule has 1 aromatic heterocycles. The maximum absolute atomic E-state index is 13.6. The number of hydrogen-bond acceptors (Lipinski definition) is 2. The van der Waals surface area contributed by atoms with E-state index in [1.54, 1.807) is 12.3 Å². The van der Waals surface area contributed by atoms with E-state index in [-0.39, 0.29) is 5.82 Å². The van der Waals surface area contributed by atoms with Crippen LogP contribution in [0.15, 0.2) is 30.5 Å². The van der Waals surface area contributed by atoms with E-state index in [0.29, 0.717) is 5.39 Å². The summed E-state index contributed by atoms with van der Waals surface area (Å²) in [4.78, 5) is 6.77. The highest BCUT2D eigenvalue weighted by Crippen LogP contribution is 2.19. The van der Waals surface area contributed by atoms with Crippen molar-refractivity contribution in [2.24, 2.45) is 0 Å². The van der Waals surface area contributed by atoms with E-state index >= 15 is 0 Å². The summed E-state index contributed by atoms with van der Waals surface area (Å²) < 4.78 is 13.6. The molecule has 0 amide bonds. The number of rotatable bonds is 2. The highest BCUT2D eigenvalue weighted by atomic mass is 19.1. The van der Waals surface area contributed by atoms with Gasteiger partial charge in [-0.3, -0.25) is 9.88 Å². The Morgan fingerprint density at radius 2 is 2.06 bits per heavy atom. The van der Waals surface area contributed by atoms with Crippen LogP contribution in [0.25, 0.3) is 10.8 Å². The fraction of sp³-hybridized carbons (Fsp3) is 0.357. The molecule has 1 fully saturated rings. The normalized spacial score (nSPS) is 16.8. The van der Waals surface area contributed by atoms with Crippen LogP contribution < -0.4 is 0 Å². The Labute approximate surface area is 100 Å². The van der Waals surface area contributed by atoms with Crippen LogP contribution in [-0.4, -0.2) is 23.0 Å². The van der Waals surface area contributed by atoms with Gasteiger partial charge in [0, 0.05) is 23.5 Å². The molecule has 2 nitrogen and oxygen atoms in total. The van der Waals surface area contributed by atoms with E-state index in [1.807, 2.05) is 12.1 Å². The molecule has 0 spiro atoms. The van der Waals surface area contributed by atoms with Gasteiger partial charge < -0.3 is 0 Å². The molecule has 0 radical (unpaired) electrons. The van der Waals surface area contributed by atoms with Gasteiger partial charge in [-0.25, -0.2) is 4.39 Å². The Morgan fingerprint density at radius 3 is 2.88 bits per heavy atom. The molecule has 3 heteroatoms. The number of fused-ring (bicyclic) bond motifs is 1. The fourth-order valence-corrected chi connectivity index (χ4v) is 2.43. The van der Waals surface area contributed by atoms with Crippen molar-refractivity contribution >= 4 is 10.8 Å². The highest BCUT2D eigenvalue weighted by Gasteiger charge is 2.12. The zero-order valence-electron chi connectivity index (χ0n) is 9.69. The Balaban J connectivity index is 1.92. The van der Waals surface area contributed by atoms with Gasteiger partial charge in [-0.05, 0) is 38.1 Å². The second-order valence-electron chi connectivity index (χ2n) is 4.62. The van der Waals surface area contributed by atoms with Crippen molar-refractivity contribution < 1.29 is 4.39 Å². The average Bonchev–Trinajstić information content (AvgIpc) is 2.83. The quantitative estimate of drug-likeness (QED) is 0.788. The molecular weight excluding hydrogens is 215 g/mol. The van der Waals surface area contributed by atoms with Gasteiger partial charge in [0.2, 0.25) is 0 Å². The second kappa shape index (κ2) is 4.41. The zero-order valence-corrected chi connectivity index (χ0v) is 9.69. The average molecular weight is 230 g/mol. The Hall–Kier alpha value is -1.48. The third-order valence-electron chi connectivity index (χ3n) is 3.35. The number of benzene rings is 1. The molecule has 3 rings (SSSR count). The van der Waals surface area contributed by atoms with Crippen molar-refractivity contribution in [1.82, 2.24) is 9.88 Å². The maximum atomic E-state index is 13.6. The maximum Gasteiger partial charge on any atom is 0.131 e. The number of hydrogen-bond donors (Lipinski definition) is 0. The predicted octanol–water partition coefficient (Wildman–Crippen LogP) is 2.97. The Bertz CT molecular complexity index is 533. The first kappa shape index (κ1) is 10.7. The molecule has 0 saturated carbocycles. The summed E-state index contributed by atoms with van der Waals surface area (Å²) in [5.41, 5.74) is 0.963. The summed E-state index contributed by atoms with van der Waals surface area (Å²) in [7, 11) is 0. The van der Waals surface area contributed by atoms with Crippen LogP contribution in [0.5, 0.6) is 0 Å². The lowest BCUT2D eigenvalue weighted by Crippen LogP contribution is -2.19. The predicted molar refractivity (Wildman–Crippen MR) is 66.2 cm³/mol. The largest absolute Gasteiger partial charge is 0.298 e. The fourth-order valence-electron chi connectivity index (χ4n) is 2.43. The summed E-state index contributed by atoms with van der Waals surface area (Å²) in [6, 6.07) is 7.00. The number of halogens is 1. The summed E-state index contributed by atoms with van der Waals surface area (Å²) in [6.45, 7) is 3.11. The van der Waals surface area contributed by atoms with Crippen LogP contribution in [0, 0.1) is 5.82 Å². The first-order chi connectivity index (χ1) is 8.33. The van der Waals surface area contributed by atoms with Gasteiger partial charge in [0.1, 0.15) is 5.82 Å². The third-order valence-corrected chi connectivity index (χ3v) is 3.35. The molecule has 1 aromatic carbocycles. The van der Waals surface area contributed by atoms with Crippen molar-refractivity contribution in [3.05, 3.63) is 42.0 Å². The molecule has 1 aliphatic heterocycles.